The smallest absolute Gasteiger partial charge is 0.155 e. The molecule has 18 heavy (non-hydrogen) atoms. The number of hydrogen-bond donors (Lipinski definition) is 2. The Hall–Kier alpha value is -0.790. The minimum Gasteiger partial charge on any atom is -0.495 e. The van der Waals surface area contributed by atoms with E-state index in [0.717, 1.165) is 10.2 Å². The molecule has 1 aromatic rings. The van der Waals surface area contributed by atoms with Crippen LogP contribution in [-0.4, -0.2) is 44.3 Å². The maximum atomic E-state index is 11.4. The Morgan fingerprint density at radius 1 is 1.44 bits per heavy atom. The molecule has 2 N–H and O–H groups in total. The zero-order valence-corrected chi connectivity index (χ0v) is 12.2. The molecule has 0 bridgehead atoms. The second-order valence-electron chi connectivity index (χ2n) is 4.24. The van der Waals surface area contributed by atoms with Crippen molar-refractivity contribution in [2.45, 2.75) is 12.1 Å². The summed E-state index contributed by atoms with van der Waals surface area (Å²) < 4.78 is 28.7. The van der Waals surface area contributed by atoms with E-state index in [9.17, 15) is 13.5 Å². The Morgan fingerprint density at radius 3 is 2.72 bits per heavy atom. The number of hydrogen-bond acceptors (Lipinski definition) is 5. The summed E-state index contributed by atoms with van der Waals surface area (Å²) in [4.78, 5) is 0. The highest BCUT2D eigenvalue weighted by molar-refractivity contribution is 9.10. The lowest BCUT2D eigenvalue weighted by Crippen LogP contribution is -2.31. The quantitative estimate of drug-likeness (QED) is 0.862. The largest absolute Gasteiger partial charge is 0.495 e. The first kappa shape index (κ1) is 13.6. The normalized spacial score (nSPS) is 25.9. The molecule has 0 spiro atoms. The number of ether oxygens (including phenoxy) is 1. The van der Waals surface area contributed by atoms with E-state index < -0.39 is 22.0 Å². The molecule has 2 atom stereocenters. The Labute approximate surface area is 114 Å². The van der Waals surface area contributed by atoms with E-state index in [0.29, 0.717) is 5.75 Å². The molecule has 1 aromatic carbocycles. The molecule has 100 valence electrons. The summed E-state index contributed by atoms with van der Waals surface area (Å²) in [6.07, 6.45) is -0.871. The van der Waals surface area contributed by atoms with Gasteiger partial charge in [-0.3, -0.25) is 0 Å². The van der Waals surface area contributed by atoms with Gasteiger partial charge >= 0.3 is 0 Å². The molecule has 1 heterocycles. The van der Waals surface area contributed by atoms with Gasteiger partial charge in [-0.05, 0) is 28.1 Å². The van der Waals surface area contributed by atoms with Crippen molar-refractivity contribution in [3.8, 4) is 5.75 Å². The van der Waals surface area contributed by atoms with Crippen LogP contribution in [0.15, 0.2) is 22.7 Å². The van der Waals surface area contributed by atoms with Crippen LogP contribution < -0.4 is 10.1 Å². The number of rotatable bonds is 3. The monoisotopic (exact) mass is 335 g/mol. The lowest BCUT2D eigenvalue weighted by Gasteiger charge is -2.17. The third kappa shape index (κ3) is 2.96. The van der Waals surface area contributed by atoms with E-state index in [1.54, 1.807) is 25.3 Å². The summed E-state index contributed by atoms with van der Waals surface area (Å²) in [5, 5.41) is 12.7. The predicted octanol–water partition coefficient (Wildman–Crippen LogP) is 1.03. The molecule has 1 saturated heterocycles. The zero-order chi connectivity index (χ0) is 13.3. The van der Waals surface area contributed by atoms with Gasteiger partial charge in [0.25, 0.3) is 0 Å². The fourth-order valence-electron chi connectivity index (χ4n) is 1.93. The van der Waals surface area contributed by atoms with Crippen LogP contribution in [-0.2, 0) is 9.84 Å². The van der Waals surface area contributed by atoms with Gasteiger partial charge < -0.3 is 15.2 Å². The standard InChI is InChI=1S/C11H14BrNO4S/c1-17-11-4-7(2-3-8(11)12)13-9-5-18(15,16)6-10(9)14/h2-4,9-10,13-14H,5-6H2,1H3. The maximum absolute atomic E-state index is 11.4. The summed E-state index contributed by atoms with van der Waals surface area (Å²) in [6.45, 7) is 0. The number of halogens is 1. The number of aliphatic hydroxyl groups is 1. The van der Waals surface area contributed by atoms with Gasteiger partial charge in [0, 0.05) is 11.8 Å². The minimum absolute atomic E-state index is 0.0491. The second-order valence-corrected chi connectivity index (χ2v) is 7.25. The molecule has 0 amide bonds. The number of aliphatic hydroxyl groups excluding tert-OH is 1. The highest BCUT2D eigenvalue weighted by atomic mass is 79.9. The molecule has 2 unspecified atom stereocenters. The van der Waals surface area contributed by atoms with Crippen LogP contribution in [0.4, 0.5) is 5.69 Å². The molecule has 0 aromatic heterocycles. The van der Waals surface area contributed by atoms with E-state index in [4.69, 9.17) is 4.74 Å². The molecule has 2 rings (SSSR count). The van der Waals surface area contributed by atoms with Crippen molar-refractivity contribution in [2.24, 2.45) is 0 Å². The van der Waals surface area contributed by atoms with Gasteiger partial charge in [0.2, 0.25) is 0 Å². The molecule has 1 aliphatic heterocycles. The first-order valence-electron chi connectivity index (χ1n) is 5.40. The van der Waals surface area contributed by atoms with E-state index in [2.05, 4.69) is 21.2 Å². The Kier molecular flexibility index (Phi) is 3.84. The van der Waals surface area contributed by atoms with Crippen molar-refractivity contribution in [1.29, 1.82) is 0 Å². The van der Waals surface area contributed by atoms with E-state index in [1.807, 2.05) is 0 Å². The molecule has 7 heteroatoms. The Morgan fingerprint density at radius 2 is 2.17 bits per heavy atom. The van der Waals surface area contributed by atoms with Crippen molar-refractivity contribution in [3.63, 3.8) is 0 Å². The number of sulfone groups is 1. The summed E-state index contributed by atoms with van der Waals surface area (Å²) >= 11 is 3.34. The van der Waals surface area contributed by atoms with E-state index in [-0.39, 0.29) is 11.5 Å². The first-order chi connectivity index (χ1) is 8.41. The molecule has 0 saturated carbocycles. The van der Waals surface area contributed by atoms with Crippen LogP contribution >= 0.6 is 15.9 Å². The SMILES string of the molecule is COc1cc(NC2CS(=O)(=O)CC2O)ccc1Br. The maximum Gasteiger partial charge on any atom is 0.155 e. The summed E-state index contributed by atoms with van der Waals surface area (Å²) in [6, 6.07) is 4.88. The predicted molar refractivity (Wildman–Crippen MR) is 72.8 cm³/mol. The van der Waals surface area contributed by atoms with Gasteiger partial charge in [0.05, 0.1) is 35.2 Å². The van der Waals surface area contributed by atoms with Crippen LogP contribution in [0, 0.1) is 0 Å². The van der Waals surface area contributed by atoms with Crippen LogP contribution in [0.1, 0.15) is 0 Å². The fraction of sp³-hybridized carbons (Fsp3) is 0.455. The third-order valence-corrected chi connectivity index (χ3v) is 5.20. The van der Waals surface area contributed by atoms with Crippen LogP contribution in [0.3, 0.4) is 0 Å². The molecular formula is C11H14BrNO4S. The van der Waals surface area contributed by atoms with Gasteiger partial charge in [-0.25, -0.2) is 8.42 Å². The van der Waals surface area contributed by atoms with Gasteiger partial charge in [0.15, 0.2) is 9.84 Å². The van der Waals surface area contributed by atoms with E-state index in [1.165, 1.54) is 0 Å². The molecule has 0 aliphatic carbocycles. The highest BCUT2D eigenvalue weighted by Crippen LogP contribution is 2.29. The molecule has 1 fully saturated rings. The summed E-state index contributed by atoms with van der Waals surface area (Å²) in [7, 11) is -1.59. The Balaban J connectivity index is 2.15. The van der Waals surface area contributed by atoms with Crippen molar-refractivity contribution in [2.75, 3.05) is 23.9 Å². The lowest BCUT2D eigenvalue weighted by atomic mass is 10.2. The first-order valence-corrected chi connectivity index (χ1v) is 8.01. The number of nitrogens with one attached hydrogen (secondary N) is 1. The topological polar surface area (TPSA) is 75.6 Å². The molecule has 5 nitrogen and oxygen atoms in total. The minimum atomic E-state index is -3.14. The summed E-state index contributed by atoms with van der Waals surface area (Å²) in [5.74, 6) is 0.417. The number of benzene rings is 1. The number of anilines is 1. The molecule has 1 aliphatic rings. The van der Waals surface area contributed by atoms with Gasteiger partial charge in [-0.2, -0.15) is 0 Å². The van der Waals surface area contributed by atoms with Gasteiger partial charge in [-0.1, -0.05) is 0 Å². The highest BCUT2D eigenvalue weighted by Gasteiger charge is 2.36. The molecule has 0 radical (unpaired) electrons. The van der Waals surface area contributed by atoms with Crippen molar-refractivity contribution in [3.05, 3.63) is 22.7 Å². The van der Waals surface area contributed by atoms with Crippen LogP contribution in [0.25, 0.3) is 0 Å². The summed E-state index contributed by atoms with van der Waals surface area (Å²) in [5.41, 5.74) is 0.719. The van der Waals surface area contributed by atoms with Crippen molar-refractivity contribution in [1.82, 2.24) is 0 Å². The van der Waals surface area contributed by atoms with Crippen LogP contribution in [0.2, 0.25) is 0 Å². The average molecular weight is 336 g/mol. The van der Waals surface area contributed by atoms with Gasteiger partial charge in [0.1, 0.15) is 5.75 Å². The Bertz CT molecular complexity index is 546. The third-order valence-electron chi connectivity index (χ3n) is 2.83. The fourth-order valence-corrected chi connectivity index (χ4v) is 4.08. The lowest BCUT2D eigenvalue weighted by molar-refractivity contribution is 0.190. The van der Waals surface area contributed by atoms with Gasteiger partial charge in [-0.15, -0.1) is 0 Å². The van der Waals surface area contributed by atoms with Crippen molar-refractivity contribution < 1.29 is 18.3 Å². The zero-order valence-electron chi connectivity index (χ0n) is 9.76. The molecular weight excluding hydrogens is 322 g/mol. The number of methoxy groups -OCH3 is 1. The average Bonchev–Trinajstić information content (AvgIpc) is 2.54. The van der Waals surface area contributed by atoms with E-state index >= 15 is 0 Å². The second kappa shape index (κ2) is 5.07. The van der Waals surface area contributed by atoms with Crippen LogP contribution in [0.5, 0.6) is 5.75 Å². The van der Waals surface area contributed by atoms with Crippen molar-refractivity contribution >= 4 is 31.5 Å².